The number of hydrogen-bond acceptors (Lipinski definition) is 3. The van der Waals surface area contributed by atoms with Gasteiger partial charge in [-0.05, 0) is 74.8 Å². The maximum absolute atomic E-state index is 13.2. The molecule has 2 heterocycles. The molecule has 160 valence electrons. The molecular weight excluding hydrogens is 386 g/mol. The fourth-order valence-corrected chi connectivity index (χ4v) is 5.27. The van der Waals surface area contributed by atoms with Gasteiger partial charge in [0.25, 0.3) is 5.91 Å². The van der Waals surface area contributed by atoms with Gasteiger partial charge in [-0.15, -0.1) is 12.4 Å². The van der Waals surface area contributed by atoms with E-state index >= 15 is 0 Å². The molecule has 1 aromatic carbocycles. The summed E-state index contributed by atoms with van der Waals surface area (Å²) in [4.78, 5) is 28.0. The van der Waals surface area contributed by atoms with E-state index in [9.17, 15) is 9.59 Å². The number of carbonyl (C=O) groups excluding carboxylic acids is 2. The third kappa shape index (κ3) is 4.31. The minimum absolute atomic E-state index is 0. The summed E-state index contributed by atoms with van der Waals surface area (Å²) >= 11 is 0. The highest BCUT2D eigenvalue weighted by Crippen LogP contribution is 2.44. The second kappa shape index (κ2) is 9.05. The monoisotopic (exact) mass is 419 g/mol. The standard InChI is InChI=1S/C23H33N3O2.ClH/c1-16-8-11-26(12-9-16)21(27)18-6-7-20(17(2)13-18)25-22(28)23-10-4-3-5-19(23)14-24-15-23;/h6-7,13,16,19,24H,3-5,8-12,14-15H2,1-2H3,(H,25,28);1H/t19-,23+;/m0./s1. The molecule has 0 radical (unpaired) electrons. The van der Waals surface area contributed by atoms with E-state index in [1.165, 1.54) is 6.42 Å². The van der Waals surface area contributed by atoms with Gasteiger partial charge in [0.1, 0.15) is 0 Å². The Morgan fingerprint density at radius 1 is 1.17 bits per heavy atom. The molecule has 1 aliphatic carbocycles. The van der Waals surface area contributed by atoms with E-state index in [4.69, 9.17) is 0 Å². The third-order valence-corrected chi connectivity index (χ3v) is 7.28. The number of nitrogens with one attached hydrogen (secondary N) is 2. The number of fused-ring (bicyclic) bond motifs is 1. The first-order chi connectivity index (χ1) is 13.5. The van der Waals surface area contributed by atoms with E-state index in [0.29, 0.717) is 11.8 Å². The van der Waals surface area contributed by atoms with Crippen LogP contribution in [0.25, 0.3) is 0 Å². The zero-order valence-electron chi connectivity index (χ0n) is 17.6. The van der Waals surface area contributed by atoms with Crippen LogP contribution < -0.4 is 10.6 Å². The lowest BCUT2D eigenvalue weighted by molar-refractivity contribution is -0.128. The fraction of sp³-hybridized carbons (Fsp3) is 0.652. The number of nitrogens with zero attached hydrogens (tertiary/aromatic N) is 1. The Bertz CT molecular complexity index is 760. The molecule has 3 aliphatic rings. The average Bonchev–Trinajstić information content (AvgIpc) is 3.15. The molecule has 2 N–H and O–H groups in total. The van der Waals surface area contributed by atoms with E-state index < -0.39 is 0 Å². The van der Waals surface area contributed by atoms with Gasteiger partial charge in [0.15, 0.2) is 0 Å². The smallest absolute Gasteiger partial charge is 0.253 e. The van der Waals surface area contributed by atoms with Crippen LogP contribution in [-0.4, -0.2) is 42.9 Å². The highest BCUT2D eigenvalue weighted by atomic mass is 35.5. The Labute approximate surface area is 180 Å². The molecule has 1 aromatic rings. The van der Waals surface area contributed by atoms with Crippen molar-refractivity contribution in [2.45, 2.75) is 52.4 Å². The van der Waals surface area contributed by atoms with Crippen molar-refractivity contribution in [3.8, 4) is 0 Å². The Kier molecular flexibility index (Phi) is 6.90. The number of carbonyl (C=O) groups is 2. The zero-order chi connectivity index (χ0) is 19.7. The molecule has 2 aliphatic heterocycles. The predicted octanol–water partition coefficient (Wildman–Crippen LogP) is 4.01. The molecule has 0 unspecified atom stereocenters. The molecule has 2 saturated heterocycles. The van der Waals surface area contributed by atoms with Crippen molar-refractivity contribution in [3.63, 3.8) is 0 Å². The van der Waals surface area contributed by atoms with Crippen molar-refractivity contribution in [2.24, 2.45) is 17.3 Å². The maximum Gasteiger partial charge on any atom is 0.253 e. The summed E-state index contributed by atoms with van der Waals surface area (Å²) in [5.41, 5.74) is 2.25. The number of piperidine rings is 1. The van der Waals surface area contributed by atoms with Crippen LogP contribution >= 0.6 is 12.4 Å². The third-order valence-electron chi connectivity index (χ3n) is 7.28. The van der Waals surface area contributed by atoms with Gasteiger partial charge < -0.3 is 15.5 Å². The number of likely N-dealkylation sites (tertiary alicyclic amines) is 1. The first-order valence-corrected chi connectivity index (χ1v) is 10.9. The van der Waals surface area contributed by atoms with E-state index in [1.807, 2.05) is 30.0 Å². The largest absolute Gasteiger partial charge is 0.339 e. The van der Waals surface area contributed by atoms with Crippen LogP contribution in [0, 0.1) is 24.2 Å². The number of amides is 2. The van der Waals surface area contributed by atoms with Crippen molar-refractivity contribution in [1.82, 2.24) is 10.2 Å². The van der Waals surface area contributed by atoms with Crippen LogP contribution in [0.1, 0.15) is 61.4 Å². The Hall–Kier alpha value is -1.59. The SMILES string of the molecule is Cc1cc(C(=O)N2CCC(C)CC2)ccc1NC(=O)[C@@]12CCCC[C@H]1CNC2.Cl. The van der Waals surface area contributed by atoms with Crippen LogP contribution in [0.15, 0.2) is 18.2 Å². The second-order valence-electron chi connectivity index (χ2n) is 9.19. The molecule has 6 heteroatoms. The highest BCUT2D eigenvalue weighted by Gasteiger charge is 2.49. The minimum Gasteiger partial charge on any atom is -0.339 e. The van der Waals surface area contributed by atoms with Crippen LogP contribution in [0.4, 0.5) is 5.69 Å². The van der Waals surface area contributed by atoms with Gasteiger partial charge in [0.2, 0.25) is 5.91 Å². The summed E-state index contributed by atoms with van der Waals surface area (Å²) in [6.45, 7) is 7.65. The molecule has 29 heavy (non-hydrogen) atoms. The summed E-state index contributed by atoms with van der Waals surface area (Å²) < 4.78 is 0. The number of rotatable bonds is 3. The minimum atomic E-state index is -0.260. The first kappa shape index (κ1) is 22.1. The quantitative estimate of drug-likeness (QED) is 0.778. The molecule has 0 aromatic heterocycles. The Morgan fingerprint density at radius 3 is 2.66 bits per heavy atom. The van der Waals surface area contributed by atoms with Crippen molar-refractivity contribution in [1.29, 1.82) is 0 Å². The van der Waals surface area contributed by atoms with Crippen LogP contribution in [0.2, 0.25) is 0 Å². The average molecular weight is 420 g/mol. The van der Waals surface area contributed by atoms with Crippen molar-refractivity contribution in [3.05, 3.63) is 29.3 Å². The molecular formula is C23H34ClN3O2. The van der Waals surface area contributed by atoms with E-state index in [1.54, 1.807) is 0 Å². The lowest BCUT2D eigenvalue weighted by atomic mass is 9.67. The molecule has 1 saturated carbocycles. The summed E-state index contributed by atoms with van der Waals surface area (Å²) in [6, 6.07) is 5.70. The normalized spacial score (nSPS) is 27.1. The molecule has 2 amide bonds. The number of hydrogen-bond donors (Lipinski definition) is 2. The van der Waals surface area contributed by atoms with Gasteiger partial charge in [-0.2, -0.15) is 0 Å². The lowest BCUT2D eigenvalue weighted by Crippen LogP contribution is -2.44. The Balaban J connectivity index is 0.00000240. The van der Waals surface area contributed by atoms with Crippen LogP contribution in [-0.2, 0) is 4.79 Å². The molecule has 4 rings (SSSR count). The number of halogens is 1. The van der Waals surface area contributed by atoms with Gasteiger partial charge in [0.05, 0.1) is 5.41 Å². The maximum atomic E-state index is 13.2. The van der Waals surface area contributed by atoms with Crippen molar-refractivity contribution < 1.29 is 9.59 Å². The predicted molar refractivity (Wildman–Crippen MR) is 119 cm³/mol. The molecule has 3 fully saturated rings. The zero-order valence-corrected chi connectivity index (χ0v) is 18.4. The fourth-order valence-electron chi connectivity index (χ4n) is 5.27. The van der Waals surface area contributed by atoms with Gasteiger partial charge in [-0.3, -0.25) is 9.59 Å². The van der Waals surface area contributed by atoms with Gasteiger partial charge in [-0.1, -0.05) is 19.8 Å². The molecule has 5 nitrogen and oxygen atoms in total. The topological polar surface area (TPSA) is 61.4 Å². The summed E-state index contributed by atoms with van der Waals surface area (Å²) in [6.07, 6.45) is 6.63. The van der Waals surface area contributed by atoms with Crippen LogP contribution in [0.3, 0.4) is 0 Å². The number of aryl methyl sites for hydroxylation is 1. The van der Waals surface area contributed by atoms with E-state index in [-0.39, 0.29) is 29.6 Å². The summed E-state index contributed by atoms with van der Waals surface area (Å²) in [5.74, 6) is 1.41. The highest BCUT2D eigenvalue weighted by molar-refractivity contribution is 5.98. The van der Waals surface area contributed by atoms with Crippen molar-refractivity contribution >= 4 is 29.9 Å². The molecule has 0 spiro atoms. The van der Waals surface area contributed by atoms with Gasteiger partial charge >= 0.3 is 0 Å². The Morgan fingerprint density at radius 2 is 1.93 bits per heavy atom. The van der Waals surface area contributed by atoms with E-state index in [0.717, 1.165) is 75.1 Å². The van der Waals surface area contributed by atoms with Crippen molar-refractivity contribution in [2.75, 3.05) is 31.5 Å². The van der Waals surface area contributed by atoms with Gasteiger partial charge in [0, 0.05) is 30.9 Å². The first-order valence-electron chi connectivity index (χ1n) is 10.9. The lowest BCUT2D eigenvalue weighted by Gasteiger charge is -2.37. The second-order valence-corrected chi connectivity index (χ2v) is 9.19. The van der Waals surface area contributed by atoms with Crippen LogP contribution in [0.5, 0.6) is 0 Å². The summed E-state index contributed by atoms with van der Waals surface area (Å²) in [7, 11) is 0. The molecule has 0 bridgehead atoms. The van der Waals surface area contributed by atoms with E-state index in [2.05, 4.69) is 17.6 Å². The molecule has 2 atom stereocenters. The van der Waals surface area contributed by atoms with Gasteiger partial charge in [-0.25, -0.2) is 0 Å². The number of benzene rings is 1. The summed E-state index contributed by atoms with van der Waals surface area (Å²) in [5, 5.41) is 6.63. The number of anilines is 1.